The van der Waals surface area contributed by atoms with Crippen molar-refractivity contribution in [2.75, 3.05) is 0 Å². The van der Waals surface area contributed by atoms with Crippen LogP contribution in [0.2, 0.25) is 0 Å². The zero-order chi connectivity index (χ0) is 24.5. The summed E-state index contributed by atoms with van der Waals surface area (Å²) in [7, 11) is -4.79. The molecule has 0 heterocycles. The average Bonchev–Trinajstić information content (AvgIpc) is 2.66. The summed E-state index contributed by atoms with van der Waals surface area (Å²) in [6, 6.07) is 2.15. The molecule has 0 aromatic heterocycles. The fraction of sp³-hybridized carbons (Fsp3) is 0.176. The Morgan fingerprint density at radius 3 is 1.81 bits per heavy atom. The molecule has 0 bridgehead atoms. The first-order chi connectivity index (χ1) is 14.6. The van der Waals surface area contributed by atoms with Crippen molar-refractivity contribution in [2.24, 2.45) is 5.92 Å². The van der Waals surface area contributed by atoms with Gasteiger partial charge >= 0.3 is 11.9 Å². The first-order valence-electron chi connectivity index (χ1n) is 8.03. The van der Waals surface area contributed by atoms with Crippen LogP contribution in [0.3, 0.4) is 0 Å². The van der Waals surface area contributed by atoms with E-state index < -0.39 is 74.1 Å². The molecule has 2 rings (SSSR count). The molecule has 2 aromatic rings. The number of carbonyl (C=O) groups excluding carboxylic acids is 2. The summed E-state index contributed by atoms with van der Waals surface area (Å²) in [5, 5.41) is 0. The zero-order valence-corrected chi connectivity index (χ0v) is 20.5. The Balaban J connectivity index is 2.13. The van der Waals surface area contributed by atoms with Gasteiger partial charge in [0.15, 0.2) is 0 Å². The van der Waals surface area contributed by atoms with E-state index in [1.54, 1.807) is 0 Å². The van der Waals surface area contributed by atoms with Gasteiger partial charge in [-0.1, -0.05) is 6.92 Å². The number of hydrogen-bond donors (Lipinski definition) is 0. The van der Waals surface area contributed by atoms with Gasteiger partial charge in [0.25, 0.3) is 0 Å². The van der Waals surface area contributed by atoms with Gasteiger partial charge in [-0.2, -0.15) is 8.78 Å². The lowest BCUT2D eigenvalue weighted by molar-refractivity contribution is -0.144. The number of esters is 2. The van der Waals surface area contributed by atoms with Crippen molar-refractivity contribution in [2.45, 2.75) is 18.2 Å². The molecule has 0 saturated heterocycles. The zero-order valence-electron chi connectivity index (χ0n) is 15.4. The van der Waals surface area contributed by atoms with E-state index in [1.165, 1.54) is 45.2 Å². The topological polar surface area (TPSA) is 110 Å². The number of halogens is 7. The van der Waals surface area contributed by atoms with Gasteiger partial charge in [0.05, 0.1) is 17.2 Å². The predicted octanol–water partition coefficient (Wildman–Crippen LogP) is 4.03. The summed E-state index contributed by atoms with van der Waals surface area (Å²) >= 11 is 3.07. The standard InChI is InChI=1S/C17H9F5I2O7S/c1-5(17(26)31-15-13(21)11(19)10(18)12(20)14(15)22)2-9(25)30-6-3-7(23)16(8(24)4-6)32(27,28)29/h3-5H,2H2,1H3,(H,27,28,29)/p-1. The maximum absolute atomic E-state index is 13.6. The molecule has 174 valence electrons. The van der Waals surface area contributed by atoms with E-state index >= 15 is 0 Å². The first kappa shape index (κ1) is 26.7. The highest BCUT2D eigenvalue weighted by molar-refractivity contribution is 14.1. The molecule has 0 aliphatic heterocycles. The second-order valence-electron chi connectivity index (χ2n) is 6.07. The summed E-state index contributed by atoms with van der Waals surface area (Å²) in [4.78, 5) is 23.5. The number of hydrogen-bond acceptors (Lipinski definition) is 7. The Hall–Kier alpha value is -1.60. The normalized spacial score (nSPS) is 12.4. The van der Waals surface area contributed by atoms with Gasteiger partial charge < -0.3 is 14.0 Å². The predicted molar refractivity (Wildman–Crippen MR) is 111 cm³/mol. The van der Waals surface area contributed by atoms with Gasteiger partial charge in [-0.25, -0.2) is 21.6 Å². The van der Waals surface area contributed by atoms with Gasteiger partial charge in [-0.15, -0.1) is 0 Å². The van der Waals surface area contributed by atoms with Crippen LogP contribution < -0.4 is 9.47 Å². The lowest BCUT2D eigenvalue weighted by Gasteiger charge is -2.15. The maximum Gasteiger partial charge on any atom is 0.314 e. The van der Waals surface area contributed by atoms with Crippen LogP contribution in [0.15, 0.2) is 17.0 Å². The van der Waals surface area contributed by atoms with E-state index in [-0.39, 0.29) is 12.9 Å². The molecular formula is C17H8F5I2O7S-. The number of ether oxygens (including phenoxy) is 2. The second kappa shape index (κ2) is 10.1. The van der Waals surface area contributed by atoms with Crippen LogP contribution in [0.25, 0.3) is 0 Å². The van der Waals surface area contributed by atoms with Crippen molar-refractivity contribution in [1.82, 2.24) is 0 Å². The lowest BCUT2D eigenvalue weighted by atomic mass is 10.1. The van der Waals surface area contributed by atoms with Crippen LogP contribution in [-0.2, 0) is 19.7 Å². The smallest absolute Gasteiger partial charge is 0.314 e. The summed E-state index contributed by atoms with van der Waals surface area (Å²) in [5.74, 6) is -17.8. The van der Waals surface area contributed by atoms with Gasteiger partial charge in [0, 0.05) is 7.14 Å². The van der Waals surface area contributed by atoms with Gasteiger partial charge in [0.1, 0.15) is 15.9 Å². The molecule has 0 spiro atoms. The molecule has 0 fully saturated rings. The van der Waals surface area contributed by atoms with Gasteiger partial charge in [-0.05, 0) is 57.3 Å². The highest BCUT2D eigenvalue weighted by Gasteiger charge is 2.30. The van der Waals surface area contributed by atoms with Crippen LogP contribution in [0.4, 0.5) is 22.0 Å². The summed E-state index contributed by atoms with van der Waals surface area (Å²) in [5.41, 5.74) is 0. The van der Waals surface area contributed by atoms with Crippen molar-refractivity contribution >= 4 is 67.2 Å². The number of rotatable bonds is 6. The molecule has 0 saturated carbocycles. The molecule has 7 nitrogen and oxygen atoms in total. The van der Waals surface area contributed by atoms with E-state index in [0.717, 1.165) is 19.1 Å². The third-order valence-corrected chi connectivity index (χ3v) is 7.07. The summed E-state index contributed by atoms with van der Waals surface area (Å²) in [6.45, 7) is 1.07. The summed E-state index contributed by atoms with van der Waals surface area (Å²) in [6.07, 6.45) is -0.733. The molecular weight excluding hydrogens is 697 g/mol. The van der Waals surface area contributed by atoms with E-state index in [9.17, 15) is 44.5 Å². The van der Waals surface area contributed by atoms with Gasteiger partial charge in [0.2, 0.25) is 34.8 Å². The fourth-order valence-corrected chi connectivity index (χ4v) is 6.14. The highest BCUT2D eigenvalue weighted by atomic mass is 127. The van der Waals surface area contributed by atoms with E-state index in [1.807, 2.05) is 0 Å². The first-order valence-corrected chi connectivity index (χ1v) is 11.6. The molecule has 0 N–H and O–H groups in total. The molecule has 1 unspecified atom stereocenters. The SMILES string of the molecule is CC(CC(=O)Oc1cc(I)c(S(=O)(=O)[O-])c(I)c1)C(=O)Oc1c(F)c(F)c(F)c(F)c1F. The van der Waals surface area contributed by atoms with E-state index in [4.69, 9.17) is 4.74 Å². The quantitative estimate of drug-likeness (QED) is 0.0850. The molecule has 0 amide bonds. The Morgan fingerprint density at radius 1 is 0.938 bits per heavy atom. The highest BCUT2D eigenvalue weighted by Crippen LogP contribution is 2.31. The van der Waals surface area contributed by atoms with Crippen molar-refractivity contribution in [3.05, 3.63) is 48.4 Å². The maximum atomic E-state index is 13.6. The monoisotopic (exact) mass is 705 g/mol. The van der Waals surface area contributed by atoms with Crippen LogP contribution in [0.5, 0.6) is 11.5 Å². The summed E-state index contributed by atoms with van der Waals surface area (Å²) < 4.78 is 109. The van der Waals surface area contributed by atoms with Crippen LogP contribution in [0.1, 0.15) is 13.3 Å². The Labute approximate surface area is 204 Å². The van der Waals surface area contributed by atoms with Gasteiger partial charge in [-0.3, -0.25) is 9.59 Å². The fourth-order valence-electron chi connectivity index (χ4n) is 2.22. The minimum Gasteiger partial charge on any atom is -0.744 e. The average molecular weight is 705 g/mol. The molecule has 2 aromatic carbocycles. The van der Waals surface area contributed by atoms with Crippen molar-refractivity contribution < 1.29 is 54.0 Å². The molecule has 0 radical (unpaired) electrons. The number of carbonyl (C=O) groups is 2. The lowest BCUT2D eigenvalue weighted by Crippen LogP contribution is -2.24. The van der Waals surface area contributed by atoms with Crippen LogP contribution in [-0.4, -0.2) is 24.9 Å². The molecule has 1 atom stereocenters. The Bertz CT molecular complexity index is 1170. The molecule has 15 heteroatoms. The van der Waals surface area contributed by atoms with Crippen molar-refractivity contribution in [3.63, 3.8) is 0 Å². The van der Waals surface area contributed by atoms with Crippen molar-refractivity contribution in [3.8, 4) is 11.5 Å². The van der Waals surface area contributed by atoms with Crippen LogP contribution in [0, 0.1) is 42.1 Å². The third-order valence-electron chi connectivity index (χ3n) is 3.70. The Kier molecular flexibility index (Phi) is 8.43. The molecule has 0 aliphatic carbocycles. The Morgan fingerprint density at radius 2 is 1.38 bits per heavy atom. The van der Waals surface area contributed by atoms with E-state index in [0.29, 0.717) is 0 Å². The molecule has 0 aliphatic rings. The minimum absolute atomic E-state index is 0.0360. The third kappa shape index (κ3) is 5.84. The minimum atomic E-state index is -4.79. The largest absolute Gasteiger partial charge is 0.744 e. The number of benzene rings is 2. The molecule has 32 heavy (non-hydrogen) atoms. The second-order valence-corrected chi connectivity index (χ2v) is 9.71. The van der Waals surface area contributed by atoms with Crippen LogP contribution >= 0.6 is 45.2 Å². The van der Waals surface area contributed by atoms with E-state index in [2.05, 4.69) is 4.74 Å². The van der Waals surface area contributed by atoms with Crippen molar-refractivity contribution in [1.29, 1.82) is 0 Å².